The monoisotopic (exact) mass is 483 g/mol. The van der Waals surface area contributed by atoms with Crippen LogP contribution in [0.2, 0.25) is 10.0 Å². The summed E-state index contributed by atoms with van der Waals surface area (Å²) < 4.78 is 42.9. The van der Waals surface area contributed by atoms with Crippen LogP contribution in [0.5, 0.6) is 0 Å². The maximum absolute atomic E-state index is 14.3. The molecule has 9 heteroatoms. The highest BCUT2D eigenvalue weighted by Crippen LogP contribution is 2.49. The number of benzene rings is 2. The van der Waals surface area contributed by atoms with Gasteiger partial charge in [0.1, 0.15) is 5.41 Å². The Hall–Kier alpha value is -2.25. The van der Waals surface area contributed by atoms with E-state index in [9.17, 15) is 18.0 Å². The van der Waals surface area contributed by atoms with Gasteiger partial charge in [0.15, 0.2) is 0 Å². The molecule has 1 heterocycles. The van der Waals surface area contributed by atoms with E-state index in [4.69, 9.17) is 23.2 Å². The number of hydrogen-bond donors (Lipinski definition) is 2. The molecule has 2 unspecified atom stereocenters. The highest BCUT2D eigenvalue weighted by Gasteiger charge is 2.58. The summed E-state index contributed by atoms with van der Waals surface area (Å²) in [6, 6.07) is 9.26. The van der Waals surface area contributed by atoms with Crippen molar-refractivity contribution in [1.29, 1.82) is 0 Å². The number of alkyl halides is 3. The standard InChI is InChI=1S/C23H22Cl2F3N3O/c1-2-29-21(32)31-19-6-4-13-7-14(3-5-18(13)19)20-11-22(12-30-20,23(26,27)28)15-8-16(24)10-17(25)9-15/h3,5,7-10,19H,2,4,6,11-12H2,1H3,(H2,29,31,32). The zero-order valence-corrected chi connectivity index (χ0v) is 18.8. The van der Waals surface area contributed by atoms with Gasteiger partial charge in [-0.05, 0) is 66.3 Å². The van der Waals surface area contributed by atoms with Crippen LogP contribution in [0.15, 0.2) is 41.4 Å². The van der Waals surface area contributed by atoms with Crippen LogP contribution in [-0.2, 0) is 11.8 Å². The number of carbonyl (C=O) groups is 1. The summed E-state index contributed by atoms with van der Waals surface area (Å²) in [4.78, 5) is 16.2. The molecule has 4 nitrogen and oxygen atoms in total. The number of fused-ring (bicyclic) bond motifs is 1. The Labute approximate surface area is 194 Å². The van der Waals surface area contributed by atoms with Crippen LogP contribution in [0.1, 0.15) is 48.1 Å². The first-order chi connectivity index (χ1) is 15.1. The molecule has 170 valence electrons. The second kappa shape index (κ2) is 8.60. The Bertz CT molecular complexity index is 1070. The summed E-state index contributed by atoms with van der Waals surface area (Å²) in [5, 5.41) is 5.97. The van der Waals surface area contributed by atoms with Crippen molar-refractivity contribution < 1.29 is 18.0 Å². The maximum atomic E-state index is 14.3. The number of urea groups is 1. The molecule has 2 N–H and O–H groups in total. The number of aryl methyl sites for hydroxylation is 1. The van der Waals surface area contributed by atoms with Crippen molar-refractivity contribution in [2.45, 2.75) is 43.8 Å². The zero-order chi connectivity index (χ0) is 23.1. The van der Waals surface area contributed by atoms with Gasteiger partial charge in [0.05, 0.1) is 12.6 Å². The number of hydrogen-bond acceptors (Lipinski definition) is 2. The summed E-state index contributed by atoms with van der Waals surface area (Å²) in [6.07, 6.45) is -3.32. The molecule has 0 spiro atoms. The summed E-state index contributed by atoms with van der Waals surface area (Å²) in [5.74, 6) is 0. The van der Waals surface area contributed by atoms with Crippen LogP contribution in [0, 0.1) is 0 Å². The van der Waals surface area contributed by atoms with Crippen LogP contribution in [0.4, 0.5) is 18.0 Å². The van der Waals surface area contributed by atoms with Crippen LogP contribution in [0.3, 0.4) is 0 Å². The zero-order valence-electron chi connectivity index (χ0n) is 17.3. The Morgan fingerprint density at radius 3 is 2.56 bits per heavy atom. The van der Waals surface area contributed by atoms with Gasteiger partial charge in [0.25, 0.3) is 0 Å². The molecular weight excluding hydrogens is 462 g/mol. The van der Waals surface area contributed by atoms with E-state index >= 15 is 0 Å². The molecule has 0 aromatic heterocycles. The number of rotatable bonds is 4. The first kappa shape index (κ1) is 22.9. The largest absolute Gasteiger partial charge is 0.400 e. The summed E-state index contributed by atoms with van der Waals surface area (Å²) in [7, 11) is 0. The van der Waals surface area contributed by atoms with Gasteiger partial charge in [0, 0.05) is 28.7 Å². The summed E-state index contributed by atoms with van der Waals surface area (Å²) >= 11 is 12.0. The van der Waals surface area contributed by atoms with Gasteiger partial charge in [-0.3, -0.25) is 4.99 Å². The number of carbonyl (C=O) groups excluding carboxylic acids is 1. The van der Waals surface area contributed by atoms with Crippen LogP contribution >= 0.6 is 23.2 Å². The van der Waals surface area contributed by atoms with Crippen molar-refractivity contribution >= 4 is 34.9 Å². The Balaban J connectivity index is 1.60. The van der Waals surface area contributed by atoms with Crippen LogP contribution in [-0.4, -0.2) is 31.0 Å². The van der Waals surface area contributed by atoms with Crippen molar-refractivity contribution in [3.63, 3.8) is 0 Å². The number of halogens is 5. The second-order valence-corrected chi connectivity index (χ2v) is 9.06. The molecule has 0 fully saturated rings. The Morgan fingerprint density at radius 1 is 1.19 bits per heavy atom. The minimum atomic E-state index is -4.52. The fraction of sp³-hybridized carbons (Fsp3) is 0.391. The third-order valence-electron chi connectivity index (χ3n) is 6.16. The molecule has 1 aliphatic heterocycles. The fourth-order valence-corrected chi connectivity index (χ4v) is 5.04. The van der Waals surface area contributed by atoms with E-state index in [0.717, 1.165) is 24.0 Å². The average molecular weight is 484 g/mol. The van der Waals surface area contributed by atoms with E-state index < -0.39 is 18.1 Å². The lowest BCUT2D eigenvalue weighted by atomic mass is 9.76. The van der Waals surface area contributed by atoms with Gasteiger partial charge in [0.2, 0.25) is 0 Å². The Kier molecular flexibility index (Phi) is 6.16. The van der Waals surface area contributed by atoms with Gasteiger partial charge in [-0.1, -0.05) is 35.3 Å². The normalized spacial score (nSPS) is 22.4. The molecule has 0 saturated carbocycles. The van der Waals surface area contributed by atoms with E-state index in [1.54, 1.807) is 6.07 Å². The second-order valence-electron chi connectivity index (χ2n) is 8.19. The molecular formula is C23H22Cl2F3N3O. The van der Waals surface area contributed by atoms with E-state index in [1.165, 1.54) is 18.2 Å². The van der Waals surface area contributed by atoms with Crippen LogP contribution < -0.4 is 10.6 Å². The highest BCUT2D eigenvalue weighted by molar-refractivity contribution is 6.34. The molecule has 0 saturated heterocycles. The molecule has 2 aromatic carbocycles. The lowest BCUT2D eigenvalue weighted by Gasteiger charge is -2.31. The quantitative estimate of drug-likeness (QED) is 0.550. The molecule has 2 aromatic rings. The van der Waals surface area contributed by atoms with Crippen LogP contribution in [0.25, 0.3) is 0 Å². The van der Waals surface area contributed by atoms with Crippen molar-refractivity contribution in [3.8, 4) is 0 Å². The van der Waals surface area contributed by atoms with E-state index in [-0.39, 0.29) is 34.1 Å². The Morgan fingerprint density at radius 2 is 1.91 bits per heavy atom. The number of nitrogens with zero attached hydrogens (tertiary/aromatic N) is 1. The first-order valence-corrected chi connectivity index (χ1v) is 11.1. The third-order valence-corrected chi connectivity index (χ3v) is 6.60. The third kappa shape index (κ3) is 4.20. The SMILES string of the molecule is CCNC(=O)NC1CCc2cc(C3=NCC(c4cc(Cl)cc(Cl)c4)(C(F)(F)F)C3)ccc21. The summed E-state index contributed by atoms with van der Waals surface area (Å²) in [6.45, 7) is 1.96. The molecule has 32 heavy (non-hydrogen) atoms. The number of amides is 2. The van der Waals surface area contributed by atoms with Gasteiger partial charge in [-0.25, -0.2) is 4.79 Å². The molecule has 2 aliphatic rings. The summed E-state index contributed by atoms with van der Waals surface area (Å²) in [5.41, 5.74) is 0.930. The van der Waals surface area contributed by atoms with E-state index in [2.05, 4.69) is 15.6 Å². The lowest BCUT2D eigenvalue weighted by Crippen LogP contribution is -2.43. The van der Waals surface area contributed by atoms with E-state index in [1.807, 2.05) is 19.1 Å². The number of nitrogens with one attached hydrogen (secondary N) is 2. The highest BCUT2D eigenvalue weighted by atomic mass is 35.5. The molecule has 0 radical (unpaired) electrons. The van der Waals surface area contributed by atoms with Crippen molar-refractivity contribution in [2.24, 2.45) is 4.99 Å². The maximum Gasteiger partial charge on any atom is 0.400 e. The lowest BCUT2D eigenvalue weighted by molar-refractivity contribution is -0.183. The molecule has 0 bridgehead atoms. The molecule has 2 atom stereocenters. The number of aliphatic imine (C=N–C) groups is 1. The minimum absolute atomic E-state index is 0.0219. The predicted molar refractivity (Wildman–Crippen MR) is 120 cm³/mol. The van der Waals surface area contributed by atoms with Crippen molar-refractivity contribution in [2.75, 3.05) is 13.1 Å². The average Bonchev–Trinajstić information content (AvgIpc) is 3.32. The predicted octanol–water partition coefficient (Wildman–Crippen LogP) is 5.99. The fourth-order valence-electron chi connectivity index (χ4n) is 4.52. The van der Waals surface area contributed by atoms with Gasteiger partial charge >= 0.3 is 12.2 Å². The topological polar surface area (TPSA) is 53.5 Å². The minimum Gasteiger partial charge on any atom is -0.338 e. The molecule has 2 amide bonds. The smallest absolute Gasteiger partial charge is 0.338 e. The van der Waals surface area contributed by atoms with E-state index in [0.29, 0.717) is 17.8 Å². The van der Waals surface area contributed by atoms with Gasteiger partial charge in [-0.15, -0.1) is 0 Å². The van der Waals surface area contributed by atoms with Crippen molar-refractivity contribution in [1.82, 2.24) is 10.6 Å². The van der Waals surface area contributed by atoms with Gasteiger partial charge in [-0.2, -0.15) is 13.2 Å². The molecule has 1 aliphatic carbocycles. The first-order valence-electron chi connectivity index (χ1n) is 10.4. The van der Waals surface area contributed by atoms with Crippen molar-refractivity contribution in [3.05, 3.63) is 68.7 Å². The van der Waals surface area contributed by atoms with Gasteiger partial charge < -0.3 is 10.6 Å². The molecule has 4 rings (SSSR count).